The molecule has 1 aromatic heterocycles. The lowest BCUT2D eigenvalue weighted by Crippen LogP contribution is -2.08. The molecule has 0 amide bonds. The number of aromatic nitrogens is 1. The second-order valence-corrected chi connectivity index (χ2v) is 5.02. The number of pyridine rings is 1. The van der Waals surface area contributed by atoms with Crippen LogP contribution in [0.2, 0.25) is 0 Å². The van der Waals surface area contributed by atoms with Crippen molar-refractivity contribution in [3.63, 3.8) is 0 Å². The fourth-order valence-corrected chi connectivity index (χ4v) is 2.09. The number of nitrogens with zero attached hydrogens (tertiary/aromatic N) is 1. The lowest BCUT2D eigenvalue weighted by Gasteiger charge is -2.14. The lowest BCUT2D eigenvalue weighted by molar-refractivity contribution is -0.121. The monoisotopic (exact) mass is 299 g/mol. The number of ether oxygens (including phenoxy) is 2. The number of benzene rings is 1. The van der Waals surface area contributed by atoms with E-state index in [0.717, 1.165) is 11.1 Å². The average Bonchev–Trinajstić information content (AvgIpc) is 2.59. The van der Waals surface area contributed by atoms with Gasteiger partial charge in [0.05, 0.1) is 6.10 Å². The second kappa shape index (κ2) is 8.29. The number of rotatable bonds is 8. The van der Waals surface area contributed by atoms with Crippen molar-refractivity contribution in [1.29, 1.82) is 0 Å². The molecule has 2 rings (SSSR count). The minimum atomic E-state index is -0.247. The molecular weight excluding hydrogens is 278 g/mol. The van der Waals surface area contributed by atoms with Gasteiger partial charge in [0, 0.05) is 32.2 Å². The van der Waals surface area contributed by atoms with E-state index in [1.54, 1.807) is 19.4 Å². The Bertz CT molecular complexity index is 581. The predicted octanol–water partition coefficient (Wildman–Crippen LogP) is 3.72. The van der Waals surface area contributed by atoms with E-state index in [9.17, 15) is 4.79 Å². The molecule has 1 aromatic carbocycles. The van der Waals surface area contributed by atoms with Gasteiger partial charge < -0.3 is 9.47 Å². The largest absolute Gasteiger partial charge is 0.473 e. The van der Waals surface area contributed by atoms with Gasteiger partial charge in [-0.05, 0) is 17.2 Å². The van der Waals surface area contributed by atoms with Gasteiger partial charge in [-0.3, -0.25) is 4.79 Å². The van der Waals surface area contributed by atoms with Crippen molar-refractivity contribution in [2.75, 3.05) is 7.11 Å². The van der Waals surface area contributed by atoms with E-state index in [-0.39, 0.29) is 11.9 Å². The van der Waals surface area contributed by atoms with E-state index >= 15 is 0 Å². The molecule has 1 atom stereocenters. The number of hydrogen-bond donors (Lipinski definition) is 0. The molecule has 0 aliphatic rings. The predicted molar refractivity (Wildman–Crippen MR) is 84.7 cm³/mol. The Morgan fingerprint density at radius 2 is 1.95 bits per heavy atom. The van der Waals surface area contributed by atoms with E-state index in [1.165, 1.54) is 0 Å². The number of carbonyl (C=O) groups excluding carboxylic acids is 1. The minimum Gasteiger partial charge on any atom is -0.473 e. The first-order valence-electron chi connectivity index (χ1n) is 7.40. The Morgan fingerprint density at radius 1 is 1.18 bits per heavy atom. The van der Waals surface area contributed by atoms with Crippen LogP contribution >= 0.6 is 0 Å². The van der Waals surface area contributed by atoms with E-state index in [0.29, 0.717) is 25.3 Å². The number of hydrogen-bond acceptors (Lipinski definition) is 4. The van der Waals surface area contributed by atoms with Gasteiger partial charge in [-0.25, -0.2) is 4.98 Å². The van der Waals surface area contributed by atoms with Crippen molar-refractivity contribution >= 4 is 5.78 Å². The quantitative estimate of drug-likeness (QED) is 0.745. The summed E-state index contributed by atoms with van der Waals surface area (Å²) in [6.07, 6.45) is 2.35. The highest BCUT2D eigenvalue weighted by molar-refractivity contribution is 5.78. The first kappa shape index (κ1) is 16.2. The van der Waals surface area contributed by atoms with Crippen LogP contribution in [0, 0.1) is 0 Å². The maximum absolute atomic E-state index is 11.6. The van der Waals surface area contributed by atoms with Gasteiger partial charge in [0.25, 0.3) is 0 Å². The number of methoxy groups -OCH3 is 1. The molecule has 1 heterocycles. The molecule has 2 aromatic rings. The fourth-order valence-electron chi connectivity index (χ4n) is 2.09. The van der Waals surface area contributed by atoms with Crippen LogP contribution in [0.5, 0.6) is 5.88 Å². The summed E-state index contributed by atoms with van der Waals surface area (Å²) < 4.78 is 11.0. The SMILES string of the molecule is CCC(=O)CC(OC)c1ccc(OCc2ccccc2)nc1. The average molecular weight is 299 g/mol. The van der Waals surface area contributed by atoms with Crippen LogP contribution in [0.4, 0.5) is 0 Å². The molecule has 0 aliphatic carbocycles. The van der Waals surface area contributed by atoms with E-state index in [1.807, 2.05) is 43.3 Å². The zero-order valence-electron chi connectivity index (χ0n) is 13.0. The van der Waals surface area contributed by atoms with Gasteiger partial charge >= 0.3 is 0 Å². The molecule has 4 heteroatoms. The molecule has 116 valence electrons. The Hall–Kier alpha value is -2.20. The molecule has 0 spiro atoms. The molecule has 22 heavy (non-hydrogen) atoms. The second-order valence-electron chi connectivity index (χ2n) is 5.02. The first-order chi connectivity index (χ1) is 10.7. The molecule has 0 fully saturated rings. The highest BCUT2D eigenvalue weighted by Gasteiger charge is 2.14. The van der Waals surface area contributed by atoms with Crippen molar-refractivity contribution in [3.05, 3.63) is 59.8 Å². The molecule has 1 unspecified atom stereocenters. The first-order valence-corrected chi connectivity index (χ1v) is 7.40. The van der Waals surface area contributed by atoms with Gasteiger partial charge in [-0.1, -0.05) is 37.3 Å². The zero-order valence-corrected chi connectivity index (χ0v) is 13.0. The van der Waals surface area contributed by atoms with Crippen LogP contribution in [0.25, 0.3) is 0 Å². The van der Waals surface area contributed by atoms with Crippen LogP contribution in [-0.4, -0.2) is 17.9 Å². The van der Waals surface area contributed by atoms with Crippen molar-refractivity contribution in [1.82, 2.24) is 4.98 Å². The Balaban J connectivity index is 1.95. The topological polar surface area (TPSA) is 48.4 Å². The summed E-state index contributed by atoms with van der Waals surface area (Å²) in [5.74, 6) is 0.737. The lowest BCUT2D eigenvalue weighted by atomic mass is 10.0. The van der Waals surface area contributed by atoms with Crippen LogP contribution in [0.15, 0.2) is 48.7 Å². The van der Waals surface area contributed by atoms with Gasteiger partial charge in [0.1, 0.15) is 12.4 Å². The number of ketones is 1. The Labute approximate surface area is 131 Å². The van der Waals surface area contributed by atoms with Crippen molar-refractivity contribution < 1.29 is 14.3 Å². The molecule has 0 saturated heterocycles. The minimum absolute atomic E-state index is 0.177. The van der Waals surface area contributed by atoms with Crippen LogP contribution in [0.3, 0.4) is 0 Å². The van der Waals surface area contributed by atoms with Crippen LogP contribution in [-0.2, 0) is 16.1 Å². The van der Waals surface area contributed by atoms with Crippen molar-refractivity contribution in [2.24, 2.45) is 0 Å². The molecule has 0 bridgehead atoms. The maximum atomic E-state index is 11.6. The molecular formula is C18H21NO3. The number of carbonyl (C=O) groups is 1. The van der Waals surface area contributed by atoms with E-state index in [2.05, 4.69) is 4.98 Å². The summed E-state index contributed by atoms with van der Waals surface area (Å²) in [4.78, 5) is 15.8. The van der Waals surface area contributed by atoms with Gasteiger partial charge in [0.2, 0.25) is 5.88 Å². The maximum Gasteiger partial charge on any atom is 0.213 e. The third-order valence-corrected chi connectivity index (χ3v) is 3.45. The van der Waals surface area contributed by atoms with Gasteiger partial charge in [0.15, 0.2) is 0 Å². The smallest absolute Gasteiger partial charge is 0.213 e. The van der Waals surface area contributed by atoms with E-state index < -0.39 is 0 Å². The normalized spacial score (nSPS) is 11.9. The van der Waals surface area contributed by atoms with Crippen molar-refractivity contribution in [3.8, 4) is 5.88 Å². The van der Waals surface area contributed by atoms with Crippen LogP contribution < -0.4 is 4.74 Å². The van der Waals surface area contributed by atoms with Gasteiger partial charge in [-0.2, -0.15) is 0 Å². The summed E-state index contributed by atoms with van der Waals surface area (Å²) >= 11 is 0. The highest BCUT2D eigenvalue weighted by atomic mass is 16.5. The van der Waals surface area contributed by atoms with Gasteiger partial charge in [-0.15, -0.1) is 0 Å². The Morgan fingerprint density at radius 3 is 2.55 bits per heavy atom. The van der Waals surface area contributed by atoms with Crippen molar-refractivity contribution in [2.45, 2.75) is 32.5 Å². The summed E-state index contributed by atoms with van der Waals surface area (Å²) in [5, 5.41) is 0. The summed E-state index contributed by atoms with van der Waals surface area (Å²) in [6, 6.07) is 13.6. The molecule has 0 saturated carbocycles. The van der Waals surface area contributed by atoms with Crippen LogP contribution in [0.1, 0.15) is 37.0 Å². The third-order valence-electron chi connectivity index (χ3n) is 3.45. The summed E-state index contributed by atoms with van der Waals surface area (Å²) in [6.45, 7) is 2.34. The third kappa shape index (κ3) is 4.67. The number of Topliss-reactive ketones (excluding diaryl/α,β-unsaturated/α-hetero) is 1. The highest BCUT2D eigenvalue weighted by Crippen LogP contribution is 2.22. The molecule has 0 N–H and O–H groups in total. The summed E-state index contributed by atoms with van der Waals surface area (Å²) in [5.41, 5.74) is 1.98. The molecule has 0 radical (unpaired) electrons. The standard InChI is InChI=1S/C18H21NO3/c1-3-16(20)11-17(21-2)15-9-10-18(19-12-15)22-13-14-7-5-4-6-8-14/h4-10,12,17H,3,11,13H2,1-2H3. The fraction of sp³-hybridized carbons (Fsp3) is 0.333. The Kier molecular flexibility index (Phi) is 6.10. The molecule has 4 nitrogen and oxygen atoms in total. The van der Waals surface area contributed by atoms with E-state index in [4.69, 9.17) is 9.47 Å². The molecule has 0 aliphatic heterocycles. The zero-order chi connectivity index (χ0) is 15.8. The summed E-state index contributed by atoms with van der Waals surface area (Å²) in [7, 11) is 1.60.